The summed E-state index contributed by atoms with van der Waals surface area (Å²) in [6.45, 7) is 8.50. The summed E-state index contributed by atoms with van der Waals surface area (Å²) in [6, 6.07) is 21.9. The molecular weight excluding hydrogens is 825 g/mol. The molecule has 1 aliphatic carbocycles. The van der Waals surface area contributed by atoms with E-state index in [2.05, 4.69) is 59.1 Å². The third-order valence-electron chi connectivity index (χ3n) is 14.3. The summed E-state index contributed by atoms with van der Waals surface area (Å²) in [5.74, 6) is 2.02. The van der Waals surface area contributed by atoms with Crippen LogP contribution in [0.4, 0.5) is 17.2 Å². The number of ether oxygens (including phenoxy) is 2. The van der Waals surface area contributed by atoms with Gasteiger partial charge in [0, 0.05) is 107 Å². The number of piperidine rings is 2. The number of anilines is 3. The van der Waals surface area contributed by atoms with E-state index in [9.17, 15) is 9.90 Å². The summed E-state index contributed by atoms with van der Waals surface area (Å²) in [6.07, 6.45) is 11.0. The van der Waals surface area contributed by atoms with Crippen LogP contribution in [0, 0.1) is 12.8 Å². The van der Waals surface area contributed by atoms with E-state index in [0.717, 1.165) is 125 Å². The Morgan fingerprint density at radius 3 is 2.34 bits per heavy atom. The molecule has 4 saturated heterocycles. The van der Waals surface area contributed by atoms with Crippen molar-refractivity contribution in [2.75, 3.05) is 61.3 Å². The highest BCUT2D eigenvalue weighted by atomic mass is 32.1. The first-order chi connectivity index (χ1) is 31.2. The molecule has 10 rings (SSSR count). The zero-order chi connectivity index (χ0) is 43.7. The van der Waals surface area contributed by atoms with Crippen LogP contribution in [0.3, 0.4) is 0 Å². The fourth-order valence-corrected chi connectivity index (χ4v) is 11.4. The van der Waals surface area contributed by atoms with Gasteiger partial charge >= 0.3 is 0 Å². The molecule has 14 nitrogen and oxygen atoms in total. The number of piperazine rings is 1. The van der Waals surface area contributed by atoms with E-state index in [1.165, 1.54) is 4.88 Å². The summed E-state index contributed by atoms with van der Waals surface area (Å²) in [5, 5.41) is 19.0. The number of fused-ring (bicyclic) bond motifs is 2. The summed E-state index contributed by atoms with van der Waals surface area (Å²) < 4.78 is 13.0. The largest absolute Gasteiger partial charge is 0.507 e. The number of carbonyl (C=O) groups is 1. The number of para-hydroxylation sites is 1. The molecule has 2 unspecified atom stereocenters. The minimum absolute atomic E-state index is 0.112. The van der Waals surface area contributed by atoms with Crippen LogP contribution in [-0.2, 0) is 9.53 Å². The number of aryl methyl sites for hydroxylation is 1. The van der Waals surface area contributed by atoms with Crippen LogP contribution in [0.25, 0.3) is 21.7 Å². The van der Waals surface area contributed by atoms with Crippen molar-refractivity contribution in [2.24, 2.45) is 11.7 Å². The summed E-state index contributed by atoms with van der Waals surface area (Å²) in [5.41, 5.74) is 21.2. The first kappa shape index (κ1) is 42.6. The van der Waals surface area contributed by atoms with E-state index in [0.29, 0.717) is 53.5 Å². The second-order valence-corrected chi connectivity index (χ2v) is 19.4. The number of hydrogen-bond donors (Lipinski definition) is 3. The average molecular weight is 885 g/mol. The summed E-state index contributed by atoms with van der Waals surface area (Å²) in [4.78, 5) is 32.9. The molecule has 5 aliphatic rings. The monoisotopic (exact) mass is 884 g/mol. The van der Waals surface area contributed by atoms with Gasteiger partial charge in [-0.2, -0.15) is 0 Å². The number of likely N-dealkylation sites (tertiary alicyclic amines) is 2. The third-order valence-corrected chi connectivity index (χ3v) is 15.3. The Hall–Kier alpha value is -5.35. The van der Waals surface area contributed by atoms with Crippen LogP contribution >= 0.6 is 11.3 Å². The lowest BCUT2D eigenvalue weighted by molar-refractivity contribution is -0.133. The van der Waals surface area contributed by atoms with Gasteiger partial charge in [-0.05, 0) is 86.8 Å². The van der Waals surface area contributed by atoms with E-state index in [4.69, 9.17) is 20.9 Å². The second-order valence-electron chi connectivity index (χ2n) is 18.6. The van der Waals surface area contributed by atoms with Crippen LogP contribution in [-0.4, -0.2) is 117 Å². The maximum absolute atomic E-state index is 13.2. The molecule has 5 aromatic rings. The SMILES string of the molecule is Cc1ncsc1-c1ccc([C@@H](N)CC(=O)N2CCC(CN3CCC(OC4CC(Oc5cc(N6C7CCC6CN(c6cc(-c8ccccc8O)nnc6N)C7)ccn5)C4)CC3)CC2)cc1. The molecule has 64 heavy (non-hydrogen) atoms. The van der Waals surface area contributed by atoms with Crippen LogP contribution in [0.15, 0.2) is 78.4 Å². The minimum Gasteiger partial charge on any atom is -0.507 e. The number of carbonyl (C=O) groups excluding carboxylic acids is 1. The van der Waals surface area contributed by atoms with Crippen LogP contribution < -0.4 is 26.0 Å². The van der Waals surface area contributed by atoms with Crippen molar-refractivity contribution in [1.82, 2.24) is 30.0 Å². The van der Waals surface area contributed by atoms with E-state index in [1.807, 2.05) is 53.9 Å². The van der Waals surface area contributed by atoms with Crippen molar-refractivity contribution in [2.45, 2.75) is 101 Å². The predicted octanol–water partition coefficient (Wildman–Crippen LogP) is 6.84. The number of thiazole rings is 1. The minimum atomic E-state index is -0.305. The molecular formula is C49H60N10O4S. The topological polar surface area (TPSA) is 172 Å². The first-order valence-corrected chi connectivity index (χ1v) is 24.1. The van der Waals surface area contributed by atoms with E-state index in [1.54, 1.807) is 23.5 Å². The third kappa shape index (κ3) is 9.26. The van der Waals surface area contributed by atoms with Gasteiger partial charge in [0.1, 0.15) is 11.9 Å². The molecule has 336 valence electrons. The van der Waals surface area contributed by atoms with Gasteiger partial charge in [-0.1, -0.05) is 36.4 Å². The quantitative estimate of drug-likeness (QED) is 0.112. The fraction of sp³-hybridized carbons (Fsp3) is 0.490. The standard InChI is InChI=1S/C49H60N10O4S/c1-31-48(64-30-53-31)34-8-6-33(7-9-34)42(50)25-47(61)57-20-13-32(14-21-57)27-56-18-15-38(16-19-56)62-39-23-40(24-39)63-46-22-35(12-17-52-46)59-36-10-11-37(59)29-58(28-36)44-26-43(54-55-49(44)51)41-4-2-3-5-45(41)60/h2-9,12,17,22,26,30,32,36-40,42,60H,10-11,13-16,18-21,23-25,27-29,50H2,1H3,(H2,51,55)/t36?,37?,39?,40?,42-/m0/s1. The molecule has 3 atom stereocenters. The lowest BCUT2D eigenvalue weighted by atomic mass is 9.91. The molecule has 3 aromatic heterocycles. The Morgan fingerprint density at radius 1 is 0.875 bits per heavy atom. The van der Waals surface area contributed by atoms with Crippen LogP contribution in [0.2, 0.25) is 0 Å². The van der Waals surface area contributed by atoms with Gasteiger partial charge in [0.05, 0.1) is 39.7 Å². The van der Waals surface area contributed by atoms with Crippen molar-refractivity contribution < 1.29 is 19.4 Å². The normalized spacial score (nSPS) is 23.6. The predicted molar refractivity (Wildman–Crippen MR) is 250 cm³/mol. The molecule has 2 aromatic carbocycles. The molecule has 0 radical (unpaired) electrons. The Morgan fingerprint density at radius 2 is 1.62 bits per heavy atom. The highest BCUT2D eigenvalue weighted by Crippen LogP contribution is 2.40. The molecule has 1 amide bonds. The average Bonchev–Trinajstić information content (AvgIpc) is 3.85. The Labute approximate surface area is 379 Å². The molecule has 0 spiro atoms. The number of nitrogens with zero attached hydrogens (tertiary/aromatic N) is 8. The second kappa shape index (κ2) is 18.6. The Balaban J connectivity index is 0.629. The highest BCUT2D eigenvalue weighted by Gasteiger charge is 2.41. The number of benzene rings is 2. The number of hydrogen-bond acceptors (Lipinski definition) is 14. The van der Waals surface area contributed by atoms with Gasteiger partial charge in [0.15, 0.2) is 5.82 Å². The van der Waals surface area contributed by atoms with Crippen molar-refractivity contribution >= 4 is 34.4 Å². The van der Waals surface area contributed by atoms with Crippen molar-refractivity contribution in [3.8, 4) is 33.3 Å². The number of amides is 1. The molecule has 1 saturated carbocycles. The highest BCUT2D eigenvalue weighted by molar-refractivity contribution is 7.13. The number of phenols is 1. The van der Waals surface area contributed by atoms with Crippen LogP contribution in [0.5, 0.6) is 11.6 Å². The number of phenolic OH excluding ortho intramolecular Hbond substituents is 1. The number of pyridine rings is 1. The lowest BCUT2D eigenvalue weighted by Crippen LogP contribution is -2.54. The zero-order valence-corrected chi connectivity index (χ0v) is 37.5. The number of nitrogens with two attached hydrogens (primary N) is 2. The van der Waals surface area contributed by atoms with Gasteiger partial charge in [-0.3, -0.25) is 4.79 Å². The molecule has 5 fully saturated rings. The van der Waals surface area contributed by atoms with Gasteiger partial charge in [-0.15, -0.1) is 21.5 Å². The van der Waals surface area contributed by atoms with Gasteiger partial charge < -0.3 is 45.6 Å². The zero-order valence-electron chi connectivity index (χ0n) is 36.7. The summed E-state index contributed by atoms with van der Waals surface area (Å²) in [7, 11) is 0. The Bertz CT molecular complexity index is 2380. The van der Waals surface area contributed by atoms with Crippen molar-refractivity contribution in [3.63, 3.8) is 0 Å². The van der Waals surface area contributed by atoms with Gasteiger partial charge in [0.2, 0.25) is 11.8 Å². The number of nitrogen functional groups attached to an aromatic ring is 1. The molecule has 15 heteroatoms. The first-order valence-electron chi connectivity index (χ1n) is 23.2. The fourth-order valence-electron chi connectivity index (χ4n) is 10.6. The number of aromatic hydroxyl groups is 1. The smallest absolute Gasteiger partial charge is 0.224 e. The van der Waals surface area contributed by atoms with Crippen LogP contribution in [0.1, 0.15) is 75.1 Å². The molecule has 5 N–H and O–H groups in total. The number of aromatic nitrogens is 4. The molecule has 7 heterocycles. The maximum Gasteiger partial charge on any atom is 0.224 e. The Kier molecular flexibility index (Phi) is 12.4. The van der Waals surface area contributed by atoms with E-state index < -0.39 is 0 Å². The van der Waals surface area contributed by atoms with E-state index in [-0.39, 0.29) is 29.9 Å². The summed E-state index contributed by atoms with van der Waals surface area (Å²) >= 11 is 1.64. The van der Waals surface area contributed by atoms with Crippen molar-refractivity contribution in [3.05, 3.63) is 89.7 Å². The maximum atomic E-state index is 13.2. The number of rotatable bonds is 13. The molecule has 2 bridgehead atoms. The van der Waals surface area contributed by atoms with Gasteiger partial charge in [-0.25, -0.2) is 9.97 Å². The lowest BCUT2D eigenvalue weighted by Gasteiger charge is -2.43. The van der Waals surface area contributed by atoms with E-state index >= 15 is 0 Å². The van der Waals surface area contributed by atoms with Crippen molar-refractivity contribution in [1.29, 1.82) is 0 Å². The molecule has 4 aliphatic heterocycles. The van der Waals surface area contributed by atoms with Gasteiger partial charge in [0.25, 0.3) is 0 Å².